The molecule has 7 heteroatoms. The largest absolute Gasteiger partial charge is 0.360 e. The predicted octanol–water partition coefficient (Wildman–Crippen LogP) is 4.26. The molecule has 0 amide bonds. The summed E-state index contributed by atoms with van der Waals surface area (Å²) in [6.45, 7) is 0.767. The summed E-state index contributed by atoms with van der Waals surface area (Å²) in [4.78, 5) is 13.7. The van der Waals surface area contributed by atoms with E-state index < -0.39 is 0 Å². The van der Waals surface area contributed by atoms with Gasteiger partial charge in [-0.25, -0.2) is 4.98 Å². The van der Waals surface area contributed by atoms with Gasteiger partial charge in [0.15, 0.2) is 5.84 Å². The average Bonchev–Trinajstić information content (AvgIpc) is 3.63. The summed E-state index contributed by atoms with van der Waals surface area (Å²) in [5, 5.41) is 14.8. The first kappa shape index (κ1) is 19.0. The van der Waals surface area contributed by atoms with Crippen LogP contribution in [0, 0.1) is 0 Å². The summed E-state index contributed by atoms with van der Waals surface area (Å²) in [7, 11) is 0. The van der Waals surface area contributed by atoms with E-state index in [0.717, 1.165) is 45.5 Å². The molecule has 3 aromatic heterocycles. The molecule has 0 radical (unpaired) electrons. The number of allylic oxidation sites excluding steroid dienone is 2. The van der Waals surface area contributed by atoms with Crippen LogP contribution in [0.1, 0.15) is 5.69 Å². The van der Waals surface area contributed by atoms with Crippen molar-refractivity contribution in [3.8, 4) is 11.1 Å². The Morgan fingerprint density at radius 3 is 2.91 bits per heavy atom. The molecular formula is C27H21N7. The maximum Gasteiger partial charge on any atom is 0.151 e. The van der Waals surface area contributed by atoms with Crippen molar-refractivity contribution < 1.29 is 0 Å². The number of hydrogen-bond donors (Lipinski definition) is 2. The highest BCUT2D eigenvalue weighted by Gasteiger charge is 2.33. The molecule has 2 N–H and O–H groups in total. The third-order valence-electron chi connectivity index (χ3n) is 6.61. The van der Waals surface area contributed by atoms with E-state index in [1.54, 1.807) is 6.20 Å². The van der Waals surface area contributed by atoms with Gasteiger partial charge >= 0.3 is 0 Å². The topological polar surface area (TPSA) is 83.8 Å². The van der Waals surface area contributed by atoms with E-state index in [1.807, 2.05) is 31.0 Å². The normalized spacial score (nSPS) is 19.2. The van der Waals surface area contributed by atoms with Gasteiger partial charge in [-0.15, -0.1) is 0 Å². The van der Waals surface area contributed by atoms with E-state index >= 15 is 0 Å². The lowest BCUT2D eigenvalue weighted by atomic mass is 9.95. The van der Waals surface area contributed by atoms with Gasteiger partial charge in [0.05, 0.1) is 23.9 Å². The van der Waals surface area contributed by atoms with E-state index in [-0.39, 0.29) is 12.1 Å². The van der Waals surface area contributed by atoms with Gasteiger partial charge in [0.2, 0.25) is 0 Å². The van der Waals surface area contributed by atoms with E-state index in [1.165, 1.54) is 11.0 Å². The Labute approximate surface area is 195 Å². The van der Waals surface area contributed by atoms with Crippen LogP contribution in [0.5, 0.6) is 0 Å². The van der Waals surface area contributed by atoms with Gasteiger partial charge in [-0.1, -0.05) is 48.6 Å². The average molecular weight is 444 g/mol. The van der Waals surface area contributed by atoms with Crippen LogP contribution in [0.15, 0.2) is 102 Å². The Kier molecular flexibility index (Phi) is 4.20. The standard InChI is InChI=1S/C27H21N7/c1-2-6-20-18(4-1)13-29-14-22(20)17-8-9-23-21(12-17)26(33-32-23)27-30-24-7-3-5-19(25(24)31-27)15-34-11-10-28-16-34/h1-14,16,24-25H,15H2,(H,30,31)(H,32,33). The zero-order valence-corrected chi connectivity index (χ0v) is 18.3. The molecule has 2 unspecified atom stereocenters. The molecule has 2 aliphatic rings. The number of H-pyrrole nitrogens is 1. The van der Waals surface area contributed by atoms with Crippen LogP contribution < -0.4 is 5.32 Å². The molecular weight excluding hydrogens is 422 g/mol. The zero-order valence-electron chi connectivity index (χ0n) is 18.3. The van der Waals surface area contributed by atoms with Crippen molar-refractivity contribution in [1.29, 1.82) is 0 Å². The van der Waals surface area contributed by atoms with E-state index in [0.29, 0.717) is 0 Å². The Bertz CT molecular complexity index is 1620. The van der Waals surface area contributed by atoms with E-state index in [2.05, 4.69) is 84.7 Å². The number of nitrogens with zero attached hydrogens (tertiary/aromatic N) is 5. The number of hydrogen-bond acceptors (Lipinski definition) is 5. The fraction of sp³-hybridized carbons (Fsp3) is 0.111. The maximum absolute atomic E-state index is 5.07. The number of aromatic nitrogens is 5. The molecule has 2 atom stereocenters. The van der Waals surface area contributed by atoms with E-state index in [4.69, 9.17) is 4.99 Å². The number of imidazole rings is 1. The fourth-order valence-electron chi connectivity index (χ4n) is 4.93. The van der Waals surface area contributed by atoms with Crippen LogP contribution in [0.2, 0.25) is 0 Å². The second-order valence-corrected chi connectivity index (χ2v) is 8.69. The number of rotatable bonds is 4. The highest BCUT2D eigenvalue weighted by atomic mass is 15.2. The highest BCUT2D eigenvalue weighted by molar-refractivity contribution is 6.10. The molecule has 34 heavy (non-hydrogen) atoms. The van der Waals surface area contributed by atoms with Crippen molar-refractivity contribution in [1.82, 2.24) is 30.0 Å². The van der Waals surface area contributed by atoms with Crippen LogP contribution in [0.3, 0.4) is 0 Å². The maximum atomic E-state index is 5.07. The minimum Gasteiger partial charge on any atom is -0.360 e. The lowest BCUT2D eigenvalue weighted by Crippen LogP contribution is -2.36. The Hall–Kier alpha value is -4.52. The van der Waals surface area contributed by atoms with Crippen molar-refractivity contribution >= 4 is 27.5 Å². The third-order valence-corrected chi connectivity index (χ3v) is 6.61. The molecule has 0 saturated carbocycles. The van der Waals surface area contributed by atoms with Crippen LogP contribution in [0.4, 0.5) is 0 Å². The predicted molar refractivity (Wildman–Crippen MR) is 134 cm³/mol. The smallest absolute Gasteiger partial charge is 0.151 e. The van der Waals surface area contributed by atoms with Gasteiger partial charge in [0.25, 0.3) is 0 Å². The van der Waals surface area contributed by atoms with Gasteiger partial charge in [0.1, 0.15) is 5.69 Å². The number of aromatic amines is 1. The van der Waals surface area contributed by atoms with E-state index in [9.17, 15) is 0 Å². The molecule has 2 aromatic carbocycles. The first-order valence-electron chi connectivity index (χ1n) is 11.3. The molecule has 0 spiro atoms. The molecule has 4 heterocycles. The molecule has 7 nitrogen and oxygen atoms in total. The molecule has 0 fully saturated rings. The SMILES string of the molecule is C1=CC2NC(c3n[nH]c4ccc(-c5cncc6ccccc56)cc34)=NC2C(Cn2ccnc2)=C1. The third kappa shape index (κ3) is 3.05. The first-order valence-corrected chi connectivity index (χ1v) is 11.3. The van der Waals surface area contributed by atoms with Crippen molar-refractivity contribution in [2.45, 2.75) is 18.6 Å². The van der Waals surface area contributed by atoms with Crippen LogP contribution in [0.25, 0.3) is 32.8 Å². The number of amidine groups is 1. The van der Waals surface area contributed by atoms with Crippen molar-refractivity contribution in [3.63, 3.8) is 0 Å². The van der Waals surface area contributed by atoms with Crippen molar-refractivity contribution in [3.05, 3.63) is 103 Å². The Morgan fingerprint density at radius 2 is 1.97 bits per heavy atom. The summed E-state index contributed by atoms with van der Waals surface area (Å²) >= 11 is 0. The fourth-order valence-corrected chi connectivity index (χ4v) is 4.93. The Balaban J connectivity index is 1.28. The minimum atomic E-state index is 0.0413. The van der Waals surface area contributed by atoms with Crippen LogP contribution in [-0.2, 0) is 6.54 Å². The molecule has 1 aliphatic carbocycles. The quantitative estimate of drug-likeness (QED) is 0.435. The zero-order chi connectivity index (χ0) is 22.5. The van der Waals surface area contributed by atoms with Gasteiger partial charge in [-0.2, -0.15) is 5.10 Å². The number of benzene rings is 2. The summed E-state index contributed by atoms with van der Waals surface area (Å²) < 4.78 is 2.07. The van der Waals surface area contributed by atoms with Crippen molar-refractivity contribution in [2.75, 3.05) is 0 Å². The lowest BCUT2D eigenvalue weighted by molar-refractivity contribution is 0.615. The van der Waals surface area contributed by atoms with Gasteiger partial charge in [0, 0.05) is 47.7 Å². The highest BCUT2D eigenvalue weighted by Crippen LogP contribution is 2.32. The summed E-state index contributed by atoms with van der Waals surface area (Å²) in [5.41, 5.74) is 5.29. The number of pyridine rings is 1. The number of nitrogens with one attached hydrogen (secondary N) is 2. The van der Waals surface area contributed by atoms with Crippen LogP contribution in [-0.4, -0.2) is 42.7 Å². The minimum absolute atomic E-state index is 0.0413. The summed E-state index contributed by atoms with van der Waals surface area (Å²) in [6.07, 6.45) is 15.9. The number of fused-ring (bicyclic) bond motifs is 3. The molecule has 0 saturated heterocycles. The molecule has 7 rings (SSSR count). The van der Waals surface area contributed by atoms with Gasteiger partial charge < -0.3 is 9.88 Å². The molecule has 164 valence electrons. The van der Waals surface area contributed by atoms with Gasteiger partial charge in [-0.05, 0) is 28.7 Å². The summed E-state index contributed by atoms with van der Waals surface area (Å²) in [5.74, 6) is 0.817. The molecule has 0 bridgehead atoms. The summed E-state index contributed by atoms with van der Waals surface area (Å²) in [6, 6.07) is 14.9. The van der Waals surface area contributed by atoms with Gasteiger partial charge in [-0.3, -0.25) is 15.1 Å². The first-order chi connectivity index (χ1) is 16.8. The number of aliphatic imine (C=N–C) groups is 1. The second kappa shape index (κ2) is 7.52. The molecule has 1 aliphatic heterocycles. The Morgan fingerprint density at radius 1 is 1.00 bits per heavy atom. The monoisotopic (exact) mass is 443 g/mol. The van der Waals surface area contributed by atoms with Crippen molar-refractivity contribution in [2.24, 2.45) is 4.99 Å². The van der Waals surface area contributed by atoms with Crippen LogP contribution >= 0.6 is 0 Å². The lowest BCUT2D eigenvalue weighted by Gasteiger charge is -2.21. The molecule has 5 aromatic rings. The second-order valence-electron chi connectivity index (χ2n) is 8.69.